The van der Waals surface area contributed by atoms with Crippen LogP contribution in [0.25, 0.3) is 0 Å². The largest absolute Gasteiger partial charge is 0.395 e. The van der Waals surface area contributed by atoms with Crippen LogP contribution in [0, 0.1) is 11.8 Å². The Labute approximate surface area is 92.1 Å². The molecule has 5 heteroatoms. The van der Waals surface area contributed by atoms with Crippen molar-refractivity contribution in [3.63, 3.8) is 0 Å². The topological polar surface area (TPSA) is 66.4 Å². The summed E-state index contributed by atoms with van der Waals surface area (Å²) in [4.78, 5) is 0. The van der Waals surface area contributed by atoms with Gasteiger partial charge in [-0.25, -0.2) is 13.1 Å². The molecule has 90 valence electrons. The van der Waals surface area contributed by atoms with Crippen LogP contribution in [0.1, 0.15) is 32.6 Å². The minimum atomic E-state index is -3.21. The summed E-state index contributed by atoms with van der Waals surface area (Å²) < 4.78 is 24.7. The van der Waals surface area contributed by atoms with Gasteiger partial charge >= 0.3 is 0 Å². The van der Waals surface area contributed by atoms with E-state index in [1.165, 1.54) is 0 Å². The lowest BCUT2D eigenvalue weighted by atomic mass is 9.80. The van der Waals surface area contributed by atoms with E-state index < -0.39 is 10.0 Å². The third-order valence-corrected chi connectivity index (χ3v) is 3.92. The SMILES string of the molecule is CC1CCC([C@@H](CO)NS(C)(=O)=O)CC1. The summed E-state index contributed by atoms with van der Waals surface area (Å²) in [7, 11) is -3.21. The van der Waals surface area contributed by atoms with Crippen LogP contribution in [0.3, 0.4) is 0 Å². The lowest BCUT2D eigenvalue weighted by Crippen LogP contribution is -2.43. The Bertz CT molecular complexity index is 281. The predicted octanol–water partition coefficient (Wildman–Crippen LogP) is 0.723. The highest BCUT2D eigenvalue weighted by atomic mass is 32.2. The van der Waals surface area contributed by atoms with Crippen molar-refractivity contribution in [3.05, 3.63) is 0 Å². The van der Waals surface area contributed by atoms with Gasteiger partial charge in [-0.15, -0.1) is 0 Å². The quantitative estimate of drug-likeness (QED) is 0.754. The number of rotatable bonds is 4. The number of hydrogen-bond acceptors (Lipinski definition) is 3. The van der Waals surface area contributed by atoms with Crippen LogP contribution in [0.2, 0.25) is 0 Å². The Morgan fingerprint density at radius 3 is 2.27 bits per heavy atom. The fourth-order valence-corrected chi connectivity index (χ4v) is 3.06. The van der Waals surface area contributed by atoms with Crippen LogP contribution in [-0.4, -0.2) is 32.4 Å². The van der Waals surface area contributed by atoms with Gasteiger partial charge in [-0.2, -0.15) is 0 Å². The zero-order valence-corrected chi connectivity index (χ0v) is 10.3. The molecule has 0 aromatic heterocycles. The summed E-state index contributed by atoms with van der Waals surface area (Å²) >= 11 is 0. The number of nitrogens with one attached hydrogen (secondary N) is 1. The fraction of sp³-hybridized carbons (Fsp3) is 1.00. The average Bonchev–Trinajstić information content (AvgIpc) is 2.14. The van der Waals surface area contributed by atoms with Crippen molar-refractivity contribution in [2.45, 2.75) is 38.6 Å². The van der Waals surface area contributed by atoms with E-state index in [4.69, 9.17) is 0 Å². The standard InChI is InChI=1S/C10H21NO3S/c1-8-3-5-9(6-4-8)10(7-12)11-15(2,13)14/h8-12H,3-7H2,1-2H3/t8?,9?,10-/m1/s1. The Morgan fingerprint density at radius 2 is 1.87 bits per heavy atom. The van der Waals surface area contributed by atoms with Crippen molar-refractivity contribution >= 4 is 10.0 Å². The Hall–Kier alpha value is -0.130. The van der Waals surface area contributed by atoms with Crippen LogP contribution in [0.5, 0.6) is 0 Å². The average molecular weight is 235 g/mol. The first-order chi connectivity index (χ1) is 6.92. The highest BCUT2D eigenvalue weighted by molar-refractivity contribution is 7.88. The first-order valence-electron chi connectivity index (χ1n) is 5.50. The van der Waals surface area contributed by atoms with Gasteiger partial charge in [-0.3, -0.25) is 0 Å². The van der Waals surface area contributed by atoms with E-state index in [1.54, 1.807) is 0 Å². The van der Waals surface area contributed by atoms with Crippen molar-refractivity contribution in [3.8, 4) is 0 Å². The molecule has 1 atom stereocenters. The Kier molecular flexibility index (Phi) is 4.55. The molecule has 1 aliphatic rings. The van der Waals surface area contributed by atoms with Gasteiger partial charge in [0.1, 0.15) is 0 Å². The normalized spacial score (nSPS) is 30.1. The second-order valence-electron chi connectivity index (χ2n) is 4.70. The zero-order chi connectivity index (χ0) is 11.5. The Balaban J connectivity index is 2.52. The van der Waals surface area contributed by atoms with Gasteiger partial charge < -0.3 is 5.11 Å². The maximum absolute atomic E-state index is 11.1. The molecule has 0 aromatic rings. The molecule has 1 rings (SSSR count). The smallest absolute Gasteiger partial charge is 0.209 e. The second-order valence-corrected chi connectivity index (χ2v) is 6.48. The van der Waals surface area contributed by atoms with E-state index in [9.17, 15) is 13.5 Å². The zero-order valence-electron chi connectivity index (χ0n) is 9.44. The first kappa shape index (κ1) is 12.9. The van der Waals surface area contributed by atoms with Crippen molar-refractivity contribution in [2.75, 3.05) is 12.9 Å². The summed E-state index contributed by atoms with van der Waals surface area (Å²) in [5.41, 5.74) is 0. The number of aliphatic hydroxyl groups is 1. The van der Waals surface area contributed by atoms with E-state index in [1.807, 2.05) is 0 Å². The Morgan fingerprint density at radius 1 is 1.33 bits per heavy atom. The molecule has 1 fully saturated rings. The predicted molar refractivity (Wildman–Crippen MR) is 60.0 cm³/mol. The van der Waals surface area contributed by atoms with E-state index in [2.05, 4.69) is 11.6 Å². The fourth-order valence-electron chi connectivity index (χ4n) is 2.25. The highest BCUT2D eigenvalue weighted by Gasteiger charge is 2.27. The number of hydrogen-bond donors (Lipinski definition) is 2. The third-order valence-electron chi connectivity index (χ3n) is 3.19. The van der Waals surface area contributed by atoms with Gasteiger partial charge in [0.05, 0.1) is 12.9 Å². The van der Waals surface area contributed by atoms with Crippen LogP contribution in [0.15, 0.2) is 0 Å². The van der Waals surface area contributed by atoms with Gasteiger partial charge in [0.2, 0.25) is 10.0 Å². The molecule has 0 spiro atoms. The molecule has 0 bridgehead atoms. The molecule has 15 heavy (non-hydrogen) atoms. The monoisotopic (exact) mass is 235 g/mol. The lowest BCUT2D eigenvalue weighted by molar-refractivity contribution is 0.172. The minimum Gasteiger partial charge on any atom is -0.395 e. The van der Waals surface area contributed by atoms with Gasteiger partial charge in [0.15, 0.2) is 0 Å². The van der Waals surface area contributed by atoms with Crippen molar-refractivity contribution in [1.29, 1.82) is 0 Å². The summed E-state index contributed by atoms with van der Waals surface area (Å²) in [6, 6.07) is -0.299. The molecule has 0 amide bonds. The van der Waals surface area contributed by atoms with Gasteiger partial charge in [0.25, 0.3) is 0 Å². The summed E-state index contributed by atoms with van der Waals surface area (Å²) in [5.74, 6) is 1.03. The second kappa shape index (κ2) is 5.27. The minimum absolute atomic E-state index is 0.105. The molecular formula is C10H21NO3S. The van der Waals surface area contributed by atoms with Crippen LogP contribution < -0.4 is 4.72 Å². The molecule has 0 saturated heterocycles. The van der Waals surface area contributed by atoms with E-state index in [0.29, 0.717) is 5.92 Å². The molecule has 1 aliphatic carbocycles. The number of aliphatic hydroxyl groups excluding tert-OH is 1. The molecule has 4 nitrogen and oxygen atoms in total. The molecular weight excluding hydrogens is 214 g/mol. The molecule has 0 unspecified atom stereocenters. The molecule has 1 saturated carbocycles. The van der Waals surface area contributed by atoms with Gasteiger partial charge in [-0.1, -0.05) is 19.8 Å². The molecule has 2 N–H and O–H groups in total. The van der Waals surface area contributed by atoms with E-state index in [0.717, 1.165) is 37.9 Å². The summed E-state index contributed by atoms with van der Waals surface area (Å²) in [6.45, 7) is 2.11. The molecule has 0 heterocycles. The highest BCUT2D eigenvalue weighted by Crippen LogP contribution is 2.30. The van der Waals surface area contributed by atoms with Crippen LogP contribution >= 0.6 is 0 Å². The number of sulfonamides is 1. The summed E-state index contributed by atoms with van der Waals surface area (Å²) in [6.07, 6.45) is 5.42. The van der Waals surface area contributed by atoms with Crippen molar-refractivity contribution in [1.82, 2.24) is 4.72 Å². The summed E-state index contributed by atoms with van der Waals surface area (Å²) in [5, 5.41) is 9.18. The van der Waals surface area contributed by atoms with Crippen LogP contribution in [-0.2, 0) is 10.0 Å². The lowest BCUT2D eigenvalue weighted by Gasteiger charge is -2.31. The first-order valence-corrected chi connectivity index (χ1v) is 7.39. The van der Waals surface area contributed by atoms with Crippen molar-refractivity contribution in [2.24, 2.45) is 11.8 Å². The maximum atomic E-state index is 11.1. The maximum Gasteiger partial charge on any atom is 0.209 e. The molecule has 0 aromatic carbocycles. The van der Waals surface area contributed by atoms with Gasteiger partial charge in [0, 0.05) is 6.04 Å². The van der Waals surface area contributed by atoms with E-state index >= 15 is 0 Å². The van der Waals surface area contributed by atoms with E-state index in [-0.39, 0.29) is 12.6 Å². The third kappa shape index (κ3) is 4.49. The molecule has 0 aliphatic heterocycles. The molecule has 0 radical (unpaired) electrons. The van der Waals surface area contributed by atoms with Crippen molar-refractivity contribution < 1.29 is 13.5 Å². The van der Waals surface area contributed by atoms with Crippen LogP contribution in [0.4, 0.5) is 0 Å². The van der Waals surface area contributed by atoms with Gasteiger partial charge in [-0.05, 0) is 24.7 Å².